The smallest absolute Gasteiger partial charge is 0.106 e. The lowest BCUT2D eigenvalue weighted by Gasteiger charge is -2.23. The summed E-state index contributed by atoms with van der Waals surface area (Å²) in [5.74, 6) is 0. The van der Waals surface area contributed by atoms with Gasteiger partial charge in [0.25, 0.3) is 0 Å². The Labute approximate surface area is 122 Å². The number of hydrogen-bond donors (Lipinski definition) is 3. The van der Waals surface area contributed by atoms with Gasteiger partial charge in [-0.2, -0.15) is 0 Å². The van der Waals surface area contributed by atoms with Crippen molar-refractivity contribution in [2.45, 2.75) is 70.2 Å². The third-order valence-corrected chi connectivity index (χ3v) is 3.71. The van der Waals surface area contributed by atoms with E-state index in [4.69, 9.17) is 0 Å². The van der Waals surface area contributed by atoms with Gasteiger partial charge in [-0.25, -0.2) is 0 Å². The predicted octanol–water partition coefficient (Wildman–Crippen LogP) is 2.67. The van der Waals surface area contributed by atoms with Crippen LogP contribution in [0.4, 0.5) is 0 Å². The van der Waals surface area contributed by atoms with Gasteiger partial charge in [0.05, 0.1) is 12.2 Å². The fraction of sp³-hybridized carbons (Fsp3) is 0.647. The molecule has 0 aliphatic rings. The van der Waals surface area contributed by atoms with Crippen molar-refractivity contribution in [1.29, 1.82) is 0 Å². The van der Waals surface area contributed by atoms with Crippen LogP contribution in [-0.4, -0.2) is 33.6 Å². The van der Waals surface area contributed by atoms with Crippen LogP contribution < -0.4 is 0 Å². The molecule has 3 atom stereocenters. The molecule has 0 aliphatic heterocycles. The van der Waals surface area contributed by atoms with Gasteiger partial charge in [0.1, 0.15) is 6.10 Å². The van der Waals surface area contributed by atoms with Gasteiger partial charge < -0.3 is 15.3 Å². The van der Waals surface area contributed by atoms with Crippen LogP contribution in [0, 0.1) is 0 Å². The van der Waals surface area contributed by atoms with Crippen LogP contribution in [0.25, 0.3) is 0 Å². The second-order valence-corrected chi connectivity index (χ2v) is 5.50. The van der Waals surface area contributed by atoms with E-state index in [0.29, 0.717) is 19.3 Å². The molecule has 0 bridgehead atoms. The van der Waals surface area contributed by atoms with Crippen LogP contribution in [0.1, 0.15) is 51.0 Å². The quantitative estimate of drug-likeness (QED) is 0.577. The number of benzene rings is 1. The third-order valence-electron chi connectivity index (χ3n) is 3.71. The second kappa shape index (κ2) is 9.92. The van der Waals surface area contributed by atoms with Crippen LogP contribution in [0.5, 0.6) is 0 Å². The molecule has 1 aromatic rings. The molecule has 0 saturated carbocycles. The van der Waals surface area contributed by atoms with E-state index in [1.807, 2.05) is 30.3 Å². The lowest BCUT2D eigenvalue weighted by molar-refractivity contribution is -0.0644. The monoisotopic (exact) mass is 280 g/mol. The van der Waals surface area contributed by atoms with Crippen LogP contribution in [0.2, 0.25) is 0 Å². The number of aliphatic hydroxyl groups is 3. The molecular formula is C17H28O3. The Bertz CT molecular complexity index is 339. The van der Waals surface area contributed by atoms with Crippen LogP contribution in [0.15, 0.2) is 30.3 Å². The molecule has 3 nitrogen and oxygen atoms in total. The van der Waals surface area contributed by atoms with Gasteiger partial charge in [0.2, 0.25) is 0 Å². The molecule has 1 rings (SSSR count). The maximum atomic E-state index is 9.94. The van der Waals surface area contributed by atoms with Gasteiger partial charge in [-0.05, 0) is 24.8 Å². The third kappa shape index (κ3) is 6.51. The first kappa shape index (κ1) is 17.2. The van der Waals surface area contributed by atoms with Gasteiger partial charge in [0.15, 0.2) is 0 Å². The van der Waals surface area contributed by atoms with Crippen molar-refractivity contribution in [2.24, 2.45) is 0 Å². The molecule has 3 N–H and O–H groups in total. The molecule has 0 heterocycles. The number of unbranched alkanes of at least 4 members (excludes halogenated alkanes) is 3. The highest BCUT2D eigenvalue weighted by Crippen LogP contribution is 2.14. The van der Waals surface area contributed by atoms with Gasteiger partial charge in [-0.15, -0.1) is 0 Å². The van der Waals surface area contributed by atoms with Crippen molar-refractivity contribution in [3.63, 3.8) is 0 Å². The summed E-state index contributed by atoms with van der Waals surface area (Å²) in [6.45, 7) is 2.14. The molecule has 0 aliphatic carbocycles. The summed E-state index contributed by atoms with van der Waals surface area (Å²) in [6.07, 6.45) is 3.28. The Kier molecular flexibility index (Phi) is 8.51. The maximum absolute atomic E-state index is 9.94. The van der Waals surface area contributed by atoms with Crippen molar-refractivity contribution < 1.29 is 15.3 Å². The number of aliphatic hydroxyl groups excluding tert-OH is 3. The van der Waals surface area contributed by atoms with E-state index in [0.717, 1.165) is 31.2 Å². The average molecular weight is 280 g/mol. The van der Waals surface area contributed by atoms with E-state index in [1.165, 1.54) is 0 Å². The summed E-state index contributed by atoms with van der Waals surface area (Å²) < 4.78 is 0. The fourth-order valence-electron chi connectivity index (χ4n) is 2.34. The average Bonchev–Trinajstić information content (AvgIpc) is 2.49. The molecular weight excluding hydrogens is 252 g/mol. The zero-order chi connectivity index (χ0) is 14.8. The molecule has 0 spiro atoms. The van der Waals surface area contributed by atoms with E-state index < -0.39 is 18.3 Å². The van der Waals surface area contributed by atoms with Crippen LogP contribution in [-0.2, 0) is 6.42 Å². The predicted molar refractivity (Wildman–Crippen MR) is 81.5 cm³/mol. The van der Waals surface area contributed by atoms with E-state index in [1.54, 1.807) is 0 Å². The first-order valence-electron chi connectivity index (χ1n) is 7.73. The minimum Gasteiger partial charge on any atom is -0.390 e. The molecule has 0 radical (unpaired) electrons. The standard InChI is InChI=1S/C17H28O3/c1-2-3-4-8-11-15(18)17(20)16(19)13-12-14-9-6-5-7-10-14/h5-7,9-10,15-20H,2-4,8,11-13H2,1H3. The van der Waals surface area contributed by atoms with Gasteiger partial charge in [-0.1, -0.05) is 62.9 Å². The Morgan fingerprint density at radius 3 is 2.15 bits per heavy atom. The number of rotatable bonds is 10. The fourth-order valence-corrected chi connectivity index (χ4v) is 2.34. The van der Waals surface area contributed by atoms with Crippen molar-refractivity contribution in [2.75, 3.05) is 0 Å². The molecule has 1 aromatic carbocycles. The summed E-state index contributed by atoms with van der Waals surface area (Å²) in [5, 5.41) is 29.7. The van der Waals surface area contributed by atoms with Crippen molar-refractivity contribution >= 4 is 0 Å². The molecule has 3 heteroatoms. The largest absolute Gasteiger partial charge is 0.390 e. The molecule has 3 unspecified atom stereocenters. The summed E-state index contributed by atoms with van der Waals surface area (Å²) in [5.41, 5.74) is 1.14. The minimum absolute atomic E-state index is 0.469. The second-order valence-electron chi connectivity index (χ2n) is 5.50. The zero-order valence-electron chi connectivity index (χ0n) is 12.4. The molecule has 0 aromatic heterocycles. The zero-order valence-corrected chi connectivity index (χ0v) is 12.4. The highest BCUT2D eigenvalue weighted by molar-refractivity contribution is 5.14. The van der Waals surface area contributed by atoms with E-state index in [9.17, 15) is 15.3 Å². The van der Waals surface area contributed by atoms with Crippen molar-refractivity contribution in [3.05, 3.63) is 35.9 Å². The first-order chi connectivity index (χ1) is 9.65. The van der Waals surface area contributed by atoms with Gasteiger partial charge in [0, 0.05) is 0 Å². The maximum Gasteiger partial charge on any atom is 0.106 e. The SMILES string of the molecule is CCCCCCC(O)C(O)C(O)CCc1ccccc1. The molecule has 0 saturated heterocycles. The summed E-state index contributed by atoms with van der Waals surface area (Å²) in [7, 11) is 0. The first-order valence-corrected chi connectivity index (χ1v) is 7.73. The summed E-state index contributed by atoms with van der Waals surface area (Å²) in [6, 6.07) is 9.87. The number of hydrogen-bond acceptors (Lipinski definition) is 3. The lowest BCUT2D eigenvalue weighted by Crippen LogP contribution is -2.37. The van der Waals surface area contributed by atoms with Crippen molar-refractivity contribution in [3.8, 4) is 0 Å². The van der Waals surface area contributed by atoms with Gasteiger partial charge in [-0.3, -0.25) is 0 Å². The van der Waals surface area contributed by atoms with Crippen LogP contribution >= 0.6 is 0 Å². The molecule has 0 amide bonds. The minimum atomic E-state index is -1.04. The molecule has 0 fully saturated rings. The summed E-state index contributed by atoms with van der Waals surface area (Å²) >= 11 is 0. The number of aryl methyl sites for hydroxylation is 1. The van der Waals surface area contributed by atoms with E-state index in [-0.39, 0.29) is 0 Å². The topological polar surface area (TPSA) is 60.7 Å². The van der Waals surface area contributed by atoms with Crippen molar-refractivity contribution in [1.82, 2.24) is 0 Å². The highest BCUT2D eigenvalue weighted by Gasteiger charge is 2.23. The Morgan fingerprint density at radius 2 is 1.50 bits per heavy atom. The Balaban J connectivity index is 2.25. The van der Waals surface area contributed by atoms with E-state index in [2.05, 4.69) is 6.92 Å². The molecule has 20 heavy (non-hydrogen) atoms. The summed E-state index contributed by atoms with van der Waals surface area (Å²) in [4.78, 5) is 0. The Hall–Kier alpha value is -0.900. The lowest BCUT2D eigenvalue weighted by atomic mass is 9.97. The highest BCUT2D eigenvalue weighted by atomic mass is 16.4. The normalized spacial score (nSPS) is 15.8. The Morgan fingerprint density at radius 1 is 0.850 bits per heavy atom. The molecule has 114 valence electrons. The van der Waals surface area contributed by atoms with E-state index >= 15 is 0 Å². The van der Waals surface area contributed by atoms with Gasteiger partial charge >= 0.3 is 0 Å². The van der Waals surface area contributed by atoms with Crippen LogP contribution in [0.3, 0.4) is 0 Å².